The third kappa shape index (κ3) is 3.50. The first kappa shape index (κ1) is 11.2. The number of rotatable bonds is 2. The molecule has 0 aliphatic heterocycles. The van der Waals surface area contributed by atoms with Crippen molar-refractivity contribution < 1.29 is 14.6 Å². The summed E-state index contributed by atoms with van der Waals surface area (Å²) < 4.78 is 4.57. The Labute approximate surface area is 84.8 Å². The monoisotopic (exact) mass is 198 g/mol. The molecule has 0 fully saturated rings. The quantitative estimate of drug-likeness (QED) is 0.543. The second kappa shape index (κ2) is 5.15. The van der Waals surface area contributed by atoms with Gasteiger partial charge in [0.25, 0.3) is 0 Å². The van der Waals surface area contributed by atoms with Crippen LogP contribution in [0.5, 0.6) is 0 Å². The van der Waals surface area contributed by atoms with Crippen molar-refractivity contribution in [3.8, 4) is 0 Å². The second-order valence-corrected chi connectivity index (χ2v) is 3.88. The summed E-state index contributed by atoms with van der Waals surface area (Å²) in [5.41, 5.74) is -0.849. The Hall–Kier alpha value is -0.830. The molecule has 1 atom stereocenters. The minimum absolute atomic E-state index is 0.122. The minimum Gasteiger partial charge on any atom is -0.469 e. The zero-order valence-electron chi connectivity index (χ0n) is 8.66. The molecule has 0 bridgehead atoms. The highest BCUT2D eigenvalue weighted by molar-refractivity contribution is 5.70. The molecule has 0 heterocycles. The van der Waals surface area contributed by atoms with Crippen LogP contribution in [0.25, 0.3) is 0 Å². The third-order valence-corrected chi connectivity index (χ3v) is 2.66. The maximum Gasteiger partial charge on any atom is 0.308 e. The van der Waals surface area contributed by atoms with Gasteiger partial charge in [0, 0.05) is 0 Å². The fraction of sp³-hybridized carbons (Fsp3) is 0.727. The average molecular weight is 198 g/mol. The van der Waals surface area contributed by atoms with Crippen LogP contribution in [0.3, 0.4) is 0 Å². The molecule has 1 aliphatic rings. The number of allylic oxidation sites excluding steroid dienone is 2. The maximum absolute atomic E-state index is 11.1. The van der Waals surface area contributed by atoms with Crippen LogP contribution >= 0.6 is 0 Å². The average Bonchev–Trinajstić information content (AvgIpc) is 2.12. The van der Waals surface area contributed by atoms with Crippen molar-refractivity contribution in [3.05, 3.63) is 12.2 Å². The number of hydrogen-bond acceptors (Lipinski definition) is 3. The number of ether oxygens (including phenoxy) is 1. The zero-order chi connectivity index (χ0) is 10.4. The molecule has 0 aromatic rings. The van der Waals surface area contributed by atoms with Gasteiger partial charge in [0.2, 0.25) is 0 Å². The predicted octanol–water partition coefficient (Wildman–Crippen LogP) is 1.80. The van der Waals surface area contributed by atoms with Crippen molar-refractivity contribution in [2.24, 2.45) is 0 Å². The lowest BCUT2D eigenvalue weighted by Gasteiger charge is -2.27. The summed E-state index contributed by atoms with van der Waals surface area (Å²) in [4.78, 5) is 11.1. The largest absolute Gasteiger partial charge is 0.469 e. The van der Waals surface area contributed by atoms with Gasteiger partial charge in [0.15, 0.2) is 0 Å². The van der Waals surface area contributed by atoms with E-state index in [0.717, 1.165) is 19.3 Å². The molecule has 1 aliphatic carbocycles. The minimum atomic E-state index is -0.849. The number of aliphatic hydroxyl groups is 1. The van der Waals surface area contributed by atoms with Crippen LogP contribution < -0.4 is 0 Å². The van der Waals surface area contributed by atoms with Crippen molar-refractivity contribution in [3.63, 3.8) is 0 Å². The molecular weight excluding hydrogens is 180 g/mol. The lowest BCUT2D eigenvalue weighted by atomic mass is 9.86. The molecular formula is C11H18O3. The topological polar surface area (TPSA) is 46.5 Å². The van der Waals surface area contributed by atoms with Gasteiger partial charge in [0.1, 0.15) is 0 Å². The van der Waals surface area contributed by atoms with Crippen LogP contribution in [0.4, 0.5) is 0 Å². The van der Waals surface area contributed by atoms with Gasteiger partial charge < -0.3 is 9.84 Å². The normalized spacial score (nSPS) is 30.1. The van der Waals surface area contributed by atoms with Gasteiger partial charge >= 0.3 is 5.97 Å². The Morgan fingerprint density at radius 1 is 1.43 bits per heavy atom. The summed E-state index contributed by atoms with van der Waals surface area (Å²) in [6, 6.07) is 0. The molecule has 0 saturated heterocycles. The number of carbonyl (C=O) groups is 1. The zero-order valence-corrected chi connectivity index (χ0v) is 8.66. The van der Waals surface area contributed by atoms with Gasteiger partial charge in [-0.3, -0.25) is 4.79 Å². The van der Waals surface area contributed by atoms with Crippen molar-refractivity contribution in [2.75, 3.05) is 7.11 Å². The molecule has 0 aromatic carbocycles. The van der Waals surface area contributed by atoms with Gasteiger partial charge in [-0.25, -0.2) is 0 Å². The summed E-state index contributed by atoms with van der Waals surface area (Å²) in [6.07, 6.45) is 8.43. The van der Waals surface area contributed by atoms with E-state index in [1.807, 2.05) is 0 Å². The molecule has 1 rings (SSSR count). The predicted molar refractivity (Wildman–Crippen MR) is 53.8 cm³/mol. The van der Waals surface area contributed by atoms with E-state index >= 15 is 0 Å². The van der Waals surface area contributed by atoms with Crippen molar-refractivity contribution in [1.29, 1.82) is 0 Å². The Balaban J connectivity index is 2.52. The Kier molecular flexibility index (Phi) is 4.14. The van der Waals surface area contributed by atoms with E-state index in [-0.39, 0.29) is 12.4 Å². The standard InChI is InChI=1S/C11H18O3/c1-14-10(12)9-11(13)7-5-3-2-4-6-8-11/h2-3,13H,4-9H2,1H3/b3-2+/t11-/m0/s1. The fourth-order valence-corrected chi connectivity index (χ4v) is 1.78. The summed E-state index contributed by atoms with van der Waals surface area (Å²) in [6.45, 7) is 0. The number of esters is 1. The first-order chi connectivity index (χ1) is 6.66. The summed E-state index contributed by atoms with van der Waals surface area (Å²) >= 11 is 0. The van der Waals surface area contributed by atoms with Gasteiger partial charge in [-0.1, -0.05) is 12.2 Å². The van der Waals surface area contributed by atoms with Crippen LogP contribution in [0.2, 0.25) is 0 Å². The first-order valence-electron chi connectivity index (χ1n) is 5.10. The lowest BCUT2D eigenvalue weighted by Crippen LogP contribution is -2.32. The summed E-state index contributed by atoms with van der Waals surface area (Å²) in [7, 11) is 1.36. The smallest absolute Gasteiger partial charge is 0.308 e. The fourth-order valence-electron chi connectivity index (χ4n) is 1.78. The summed E-state index contributed by atoms with van der Waals surface area (Å²) in [5, 5.41) is 10.1. The van der Waals surface area contributed by atoms with Crippen molar-refractivity contribution in [1.82, 2.24) is 0 Å². The van der Waals surface area contributed by atoms with Gasteiger partial charge in [-0.15, -0.1) is 0 Å². The molecule has 0 amide bonds. The Morgan fingerprint density at radius 3 is 2.86 bits per heavy atom. The Morgan fingerprint density at radius 2 is 2.14 bits per heavy atom. The molecule has 0 unspecified atom stereocenters. The third-order valence-electron chi connectivity index (χ3n) is 2.66. The van der Waals surface area contributed by atoms with Crippen LogP contribution in [-0.4, -0.2) is 23.8 Å². The molecule has 1 N–H and O–H groups in total. The highest BCUT2D eigenvalue weighted by Crippen LogP contribution is 2.26. The molecule has 3 heteroatoms. The van der Waals surface area contributed by atoms with E-state index in [1.54, 1.807) is 0 Å². The molecule has 14 heavy (non-hydrogen) atoms. The van der Waals surface area contributed by atoms with Crippen molar-refractivity contribution in [2.45, 2.75) is 44.1 Å². The molecule has 0 radical (unpaired) electrons. The van der Waals surface area contributed by atoms with Crippen LogP contribution in [-0.2, 0) is 9.53 Å². The second-order valence-electron chi connectivity index (χ2n) is 3.88. The molecule has 3 nitrogen and oxygen atoms in total. The first-order valence-corrected chi connectivity index (χ1v) is 5.10. The molecule has 0 saturated carbocycles. The summed E-state index contributed by atoms with van der Waals surface area (Å²) in [5.74, 6) is -0.322. The number of carbonyl (C=O) groups excluding carboxylic acids is 1. The highest BCUT2D eigenvalue weighted by atomic mass is 16.5. The lowest BCUT2D eigenvalue weighted by molar-refractivity contribution is -0.146. The maximum atomic E-state index is 11.1. The van der Waals surface area contributed by atoms with E-state index in [9.17, 15) is 9.90 Å². The van der Waals surface area contributed by atoms with E-state index in [2.05, 4.69) is 16.9 Å². The SMILES string of the molecule is COC(=O)C[C@]1(O)CC/C=C/CCC1. The van der Waals surface area contributed by atoms with Crippen LogP contribution in [0, 0.1) is 0 Å². The van der Waals surface area contributed by atoms with Gasteiger partial charge in [-0.05, 0) is 32.1 Å². The molecule has 0 aromatic heterocycles. The highest BCUT2D eigenvalue weighted by Gasteiger charge is 2.29. The van der Waals surface area contributed by atoms with E-state index < -0.39 is 5.60 Å². The Bertz CT molecular complexity index is 223. The van der Waals surface area contributed by atoms with Gasteiger partial charge in [-0.2, -0.15) is 0 Å². The van der Waals surface area contributed by atoms with E-state index in [4.69, 9.17) is 0 Å². The van der Waals surface area contributed by atoms with Crippen LogP contribution in [0.1, 0.15) is 38.5 Å². The van der Waals surface area contributed by atoms with Gasteiger partial charge in [0.05, 0.1) is 19.1 Å². The van der Waals surface area contributed by atoms with E-state index in [0.29, 0.717) is 12.8 Å². The van der Waals surface area contributed by atoms with Crippen LogP contribution in [0.15, 0.2) is 12.2 Å². The number of hydrogen-bond donors (Lipinski definition) is 1. The number of methoxy groups -OCH3 is 1. The van der Waals surface area contributed by atoms with Crippen molar-refractivity contribution >= 4 is 5.97 Å². The molecule has 0 spiro atoms. The molecule has 80 valence electrons. The van der Waals surface area contributed by atoms with E-state index in [1.165, 1.54) is 7.11 Å².